The zero-order chi connectivity index (χ0) is 37.9. The molecule has 6 rings (SSSR count). The maximum Gasteiger partial charge on any atom is 0.224 e. The lowest BCUT2D eigenvalue weighted by Gasteiger charge is -2.39. The van der Waals surface area contributed by atoms with Gasteiger partial charge in [-0.25, -0.2) is 0 Å². The minimum absolute atomic E-state index is 0.0179. The number of aliphatic hydroxyl groups excluding tert-OH is 1. The maximum absolute atomic E-state index is 12.9. The van der Waals surface area contributed by atoms with E-state index in [2.05, 4.69) is 27.7 Å². The van der Waals surface area contributed by atoms with E-state index in [9.17, 15) is 14.7 Å². The minimum Gasteiger partial charge on any atom is -0.493 e. The molecule has 0 radical (unpaired) electrons. The molecule has 0 bridgehead atoms. The quantitative estimate of drug-likeness (QED) is 0.0688. The number of carbonyl (C=O) groups is 2. The summed E-state index contributed by atoms with van der Waals surface area (Å²) in [6, 6.07) is 26.9. The van der Waals surface area contributed by atoms with Crippen molar-refractivity contribution >= 4 is 28.9 Å². The van der Waals surface area contributed by atoms with E-state index in [1.54, 1.807) is 26.4 Å². The van der Waals surface area contributed by atoms with Crippen molar-refractivity contribution in [3.63, 3.8) is 0 Å². The van der Waals surface area contributed by atoms with E-state index in [1.807, 2.05) is 60.7 Å². The van der Waals surface area contributed by atoms with Crippen LogP contribution in [-0.4, -0.2) is 55.2 Å². The third kappa shape index (κ3) is 10.4. The van der Waals surface area contributed by atoms with Crippen molar-refractivity contribution < 1.29 is 33.6 Å². The first-order chi connectivity index (χ1) is 26.3. The van der Waals surface area contributed by atoms with Gasteiger partial charge in [-0.1, -0.05) is 61.4 Å². The zero-order valence-electron chi connectivity index (χ0n) is 31.2. The standard InChI is InChI=1S/C43H52N4O7/c1-51-39-23-31-20-21-47(26-33(31)24-40(39)52-2)27-35-25-38(30-18-16-29(28-48)17-19-30)54-43(53-35)32-10-9-11-34(22-32)45-41(49)14-5-3-4-6-15-42(50)46-37-13-8-7-12-36(37)44/h7-13,16-19,22-24,35,38,43,48H,3-6,14-15,20-21,25-28,44H2,1-2H3,(H,45,49)(H,46,50)/t35-,38+,43+/m0/s1. The lowest BCUT2D eigenvalue weighted by molar-refractivity contribution is -0.253. The number of nitrogen functional groups attached to an aromatic ring is 1. The minimum atomic E-state index is -0.639. The Morgan fingerprint density at radius 2 is 1.52 bits per heavy atom. The van der Waals surface area contributed by atoms with Crippen molar-refractivity contribution in [3.8, 4) is 11.5 Å². The second-order valence-corrected chi connectivity index (χ2v) is 14.0. The molecule has 0 aromatic heterocycles. The summed E-state index contributed by atoms with van der Waals surface area (Å²) < 4.78 is 24.4. The molecule has 11 heteroatoms. The predicted molar refractivity (Wildman–Crippen MR) is 209 cm³/mol. The summed E-state index contributed by atoms with van der Waals surface area (Å²) in [4.78, 5) is 27.6. The van der Waals surface area contributed by atoms with Crippen molar-refractivity contribution in [2.24, 2.45) is 0 Å². The van der Waals surface area contributed by atoms with Gasteiger partial charge in [0.2, 0.25) is 11.8 Å². The number of nitrogens with two attached hydrogens (primary N) is 1. The van der Waals surface area contributed by atoms with E-state index in [1.165, 1.54) is 11.1 Å². The van der Waals surface area contributed by atoms with Gasteiger partial charge in [0.1, 0.15) is 0 Å². The summed E-state index contributed by atoms with van der Waals surface area (Å²) in [7, 11) is 3.32. The number of carbonyl (C=O) groups excluding carboxylic acids is 2. The van der Waals surface area contributed by atoms with Gasteiger partial charge in [-0.2, -0.15) is 0 Å². The number of benzene rings is 4. The number of para-hydroxylation sites is 2. The number of amides is 2. The molecule has 4 aromatic rings. The van der Waals surface area contributed by atoms with Gasteiger partial charge in [-0.15, -0.1) is 0 Å². The molecule has 1 saturated heterocycles. The lowest BCUT2D eigenvalue weighted by atomic mass is 9.97. The summed E-state index contributed by atoms with van der Waals surface area (Å²) in [6.07, 6.45) is 4.57. The van der Waals surface area contributed by atoms with E-state index in [0.29, 0.717) is 36.3 Å². The van der Waals surface area contributed by atoms with E-state index >= 15 is 0 Å². The molecule has 2 heterocycles. The number of ether oxygens (including phenoxy) is 4. The molecule has 2 aliphatic heterocycles. The van der Waals surface area contributed by atoms with Crippen LogP contribution in [0.3, 0.4) is 0 Å². The van der Waals surface area contributed by atoms with Crippen molar-refractivity contribution in [2.45, 2.75) is 83.0 Å². The highest BCUT2D eigenvalue weighted by Crippen LogP contribution is 2.40. The smallest absolute Gasteiger partial charge is 0.224 e. The van der Waals surface area contributed by atoms with Crippen LogP contribution in [0.1, 0.15) is 85.2 Å². The largest absolute Gasteiger partial charge is 0.493 e. The fraction of sp³-hybridized carbons (Fsp3) is 0.395. The third-order valence-corrected chi connectivity index (χ3v) is 10.1. The van der Waals surface area contributed by atoms with Crippen molar-refractivity contribution in [2.75, 3.05) is 43.7 Å². The van der Waals surface area contributed by atoms with Crippen LogP contribution in [-0.2, 0) is 38.6 Å². The Bertz CT molecular complexity index is 1870. The maximum atomic E-state index is 12.9. The van der Waals surface area contributed by atoms with Gasteiger partial charge in [0, 0.05) is 50.1 Å². The molecule has 286 valence electrons. The van der Waals surface area contributed by atoms with Crippen molar-refractivity contribution in [3.05, 3.63) is 113 Å². The van der Waals surface area contributed by atoms with Crippen LogP contribution in [0.25, 0.3) is 0 Å². The van der Waals surface area contributed by atoms with Gasteiger partial charge >= 0.3 is 0 Å². The van der Waals surface area contributed by atoms with Crippen LogP contribution in [0.2, 0.25) is 0 Å². The topological polar surface area (TPSA) is 145 Å². The molecule has 4 aromatic carbocycles. The van der Waals surface area contributed by atoms with Gasteiger partial charge in [-0.05, 0) is 77.9 Å². The number of anilines is 3. The summed E-state index contributed by atoms with van der Waals surface area (Å²) in [6.45, 7) is 2.37. The lowest BCUT2D eigenvalue weighted by Crippen LogP contribution is -2.41. The number of unbranched alkanes of at least 4 members (excludes halogenated alkanes) is 3. The fourth-order valence-electron chi connectivity index (χ4n) is 7.15. The molecule has 11 nitrogen and oxygen atoms in total. The molecule has 0 unspecified atom stereocenters. The Kier molecular flexibility index (Phi) is 13.6. The fourth-order valence-corrected chi connectivity index (χ4v) is 7.15. The second kappa shape index (κ2) is 18.9. The van der Waals surface area contributed by atoms with Crippen LogP contribution in [0, 0.1) is 0 Å². The zero-order valence-corrected chi connectivity index (χ0v) is 31.2. The Morgan fingerprint density at radius 1 is 0.815 bits per heavy atom. The molecule has 5 N–H and O–H groups in total. The average Bonchev–Trinajstić information content (AvgIpc) is 3.19. The van der Waals surface area contributed by atoms with Crippen LogP contribution in [0.5, 0.6) is 11.5 Å². The highest BCUT2D eigenvalue weighted by molar-refractivity contribution is 5.93. The molecular weight excluding hydrogens is 684 g/mol. The Hall–Kier alpha value is -4.94. The van der Waals surface area contributed by atoms with E-state index in [4.69, 9.17) is 24.7 Å². The summed E-state index contributed by atoms with van der Waals surface area (Å²) in [5.74, 6) is 1.35. The number of nitrogens with zero attached hydrogens (tertiary/aromatic N) is 1. The second-order valence-electron chi connectivity index (χ2n) is 14.0. The van der Waals surface area contributed by atoms with Gasteiger partial charge in [0.15, 0.2) is 17.8 Å². The van der Waals surface area contributed by atoms with Crippen LogP contribution < -0.4 is 25.8 Å². The number of rotatable bonds is 16. The van der Waals surface area contributed by atoms with E-state index in [-0.39, 0.29) is 30.6 Å². The van der Waals surface area contributed by atoms with Gasteiger partial charge in [0.05, 0.1) is 44.4 Å². The van der Waals surface area contributed by atoms with Crippen molar-refractivity contribution in [1.29, 1.82) is 0 Å². The SMILES string of the molecule is COc1cc2c(cc1OC)CN(C[C@@H]1C[C@H](c3ccc(CO)cc3)O[C@H](c3cccc(NC(=O)CCCCCCC(=O)Nc4ccccc4N)c3)O1)CC2. The average molecular weight is 737 g/mol. The molecule has 0 saturated carbocycles. The monoisotopic (exact) mass is 736 g/mol. The number of fused-ring (bicyclic) bond motifs is 1. The molecule has 2 amide bonds. The summed E-state index contributed by atoms with van der Waals surface area (Å²) in [5, 5.41) is 15.5. The summed E-state index contributed by atoms with van der Waals surface area (Å²) >= 11 is 0. The normalized spacial score (nSPS) is 18.4. The Balaban J connectivity index is 1.04. The summed E-state index contributed by atoms with van der Waals surface area (Å²) in [5.41, 5.74) is 13.0. The number of hydrogen-bond acceptors (Lipinski definition) is 9. The number of aliphatic hydroxyl groups is 1. The van der Waals surface area contributed by atoms with Crippen molar-refractivity contribution in [1.82, 2.24) is 4.90 Å². The third-order valence-electron chi connectivity index (χ3n) is 10.1. The first kappa shape index (κ1) is 38.8. The number of nitrogens with one attached hydrogen (secondary N) is 2. The predicted octanol–water partition coefficient (Wildman–Crippen LogP) is 7.30. The Labute approximate surface area is 317 Å². The molecule has 0 spiro atoms. The van der Waals surface area contributed by atoms with Gasteiger partial charge in [-0.3, -0.25) is 14.5 Å². The van der Waals surface area contributed by atoms with Gasteiger partial charge < -0.3 is 40.4 Å². The van der Waals surface area contributed by atoms with E-state index in [0.717, 1.165) is 79.9 Å². The van der Waals surface area contributed by atoms with E-state index < -0.39 is 6.29 Å². The first-order valence-electron chi connectivity index (χ1n) is 18.8. The van der Waals surface area contributed by atoms with Crippen LogP contribution in [0.4, 0.5) is 17.1 Å². The Morgan fingerprint density at radius 3 is 2.22 bits per heavy atom. The molecule has 3 atom stereocenters. The molecule has 1 fully saturated rings. The molecular formula is C43H52N4O7. The number of methoxy groups -OCH3 is 2. The highest BCUT2D eigenvalue weighted by atomic mass is 16.7. The molecule has 2 aliphatic rings. The molecule has 54 heavy (non-hydrogen) atoms. The number of hydrogen-bond donors (Lipinski definition) is 4. The first-order valence-corrected chi connectivity index (χ1v) is 18.8. The molecule has 0 aliphatic carbocycles. The van der Waals surface area contributed by atoms with Crippen LogP contribution in [0.15, 0.2) is 84.9 Å². The van der Waals surface area contributed by atoms with Crippen LogP contribution >= 0.6 is 0 Å². The van der Waals surface area contributed by atoms with Gasteiger partial charge in [0.25, 0.3) is 0 Å². The highest BCUT2D eigenvalue weighted by Gasteiger charge is 2.34.